The lowest BCUT2D eigenvalue weighted by Crippen LogP contribution is -2.25. The standard InChI is InChI=1S/C20H16Cl2N4O2S2/c1-10(25-26-20(29)24-13-5-2-11(3-6-13)19(23)28)14-9-30-18(17(14)27)12-4-7-15(21)16(22)8-12/h2-9,27H,1H3,(H2,23,28)(H2,24,26,29). The number of rotatable bonds is 5. The van der Waals surface area contributed by atoms with Crippen LogP contribution in [0.5, 0.6) is 5.75 Å². The van der Waals surface area contributed by atoms with Crippen molar-refractivity contribution in [1.29, 1.82) is 0 Å². The first-order valence-corrected chi connectivity index (χ1v) is 10.6. The summed E-state index contributed by atoms with van der Waals surface area (Å²) in [5.74, 6) is -0.402. The molecule has 0 bridgehead atoms. The molecule has 1 aromatic heterocycles. The number of halogens is 2. The van der Waals surface area contributed by atoms with Crippen LogP contribution in [0.3, 0.4) is 0 Å². The Kier molecular flexibility index (Phi) is 6.94. The molecule has 0 atom stereocenters. The van der Waals surface area contributed by atoms with Crippen molar-refractivity contribution >= 4 is 69.2 Å². The molecular formula is C20H16Cl2N4O2S2. The summed E-state index contributed by atoms with van der Waals surface area (Å²) >= 11 is 18.6. The average molecular weight is 479 g/mol. The molecule has 2 aromatic carbocycles. The highest BCUT2D eigenvalue weighted by Crippen LogP contribution is 2.40. The first-order valence-electron chi connectivity index (χ1n) is 8.53. The third-order valence-electron chi connectivity index (χ3n) is 4.09. The summed E-state index contributed by atoms with van der Waals surface area (Å²) in [4.78, 5) is 11.8. The maximum atomic E-state index is 11.1. The van der Waals surface area contributed by atoms with Crippen molar-refractivity contribution in [2.75, 3.05) is 5.32 Å². The topological polar surface area (TPSA) is 99.7 Å². The Bertz CT molecular complexity index is 1140. The van der Waals surface area contributed by atoms with Crippen molar-refractivity contribution in [3.05, 3.63) is 69.0 Å². The van der Waals surface area contributed by atoms with E-state index in [2.05, 4.69) is 15.8 Å². The number of hydrazone groups is 1. The zero-order valence-corrected chi connectivity index (χ0v) is 18.7. The van der Waals surface area contributed by atoms with E-state index in [1.54, 1.807) is 54.8 Å². The van der Waals surface area contributed by atoms with E-state index in [0.29, 0.717) is 37.4 Å². The molecule has 6 nitrogen and oxygen atoms in total. The lowest BCUT2D eigenvalue weighted by Gasteiger charge is -2.08. The van der Waals surface area contributed by atoms with Gasteiger partial charge in [-0.2, -0.15) is 5.10 Å². The van der Waals surface area contributed by atoms with E-state index in [1.807, 2.05) is 0 Å². The van der Waals surface area contributed by atoms with Gasteiger partial charge in [-0.3, -0.25) is 10.2 Å². The number of benzene rings is 2. The number of nitrogens with two attached hydrogens (primary N) is 1. The van der Waals surface area contributed by atoms with Crippen molar-refractivity contribution in [2.24, 2.45) is 10.8 Å². The summed E-state index contributed by atoms with van der Waals surface area (Å²) in [5.41, 5.74) is 10.9. The number of thiocarbonyl (C=S) groups is 1. The number of nitrogens with zero attached hydrogens (tertiary/aromatic N) is 1. The molecule has 0 radical (unpaired) electrons. The Morgan fingerprint density at radius 3 is 2.50 bits per heavy atom. The van der Waals surface area contributed by atoms with Crippen molar-refractivity contribution in [3.63, 3.8) is 0 Å². The fourth-order valence-electron chi connectivity index (χ4n) is 2.52. The molecule has 5 N–H and O–H groups in total. The number of hydrogen-bond donors (Lipinski definition) is 4. The summed E-state index contributed by atoms with van der Waals surface area (Å²) < 4.78 is 0. The monoisotopic (exact) mass is 478 g/mol. The van der Waals surface area contributed by atoms with Crippen LogP contribution in [-0.4, -0.2) is 21.8 Å². The number of hydrogen-bond acceptors (Lipinski definition) is 5. The summed E-state index contributed by atoms with van der Waals surface area (Å²) in [5, 5.41) is 20.7. The SMILES string of the molecule is CC(=NNC(=S)Nc1ccc(C(N)=O)cc1)c1csc(-c2ccc(Cl)c(Cl)c2)c1O. The quantitative estimate of drug-likeness (QED) is 0.228. The molecule has 0 spiro atoms. The lowest BCUT2D eigenvalue weighted by atomic mass is 10.1. The molecule has 0 saturated heterocycles. The molecule has 0 saturated carbocycles. The summed E-state index contributed by atoms with van der Waals surface area (Å²) in [6.07, 6.45) is 0. The molecule has 30 heavy (non-hydrogen) atoms. The minimum Gasteiger partial charge on any atom is -0.506 e. The molecule has 0 aliphatic rings. The van der Waals surface area contributed by atoms with E-state index >= 15 is 0 Å². The van der Waals surface area contributed by atoms with Gasteiger partial charge in [0.25, 0.3) is 0 Å². The third kappa shape index (κ3) is 5.09. The van der Waals surface area contributed by atoms with Gasteiger partial charge in [-0.05, 0) is 61.1 Å². The Balaban J connectivity index is 1.69. The summed E-state index contributed by atoms with van der Waals surface area (Å²) in [6.45, 7) is 1.75. The van der Waals surface area contributed by atoms with Gasteiger partial charge in [0.2, 0.25) is 5.91 Å². The Labute approximate surface area is 192 Å². The second-order valence-corrected chi connectivity index (χ2v) is 8.26. The van der Waals surface area contributed by atoms with Crippen molar-refractivity contribution in [3.8, 4) is 16.2 Å². The largest absolute Gasteiger partial charge is 0.506 e. The smallest absolute Gasteiger partial charge is 0.248 e. The van der Waals surface area contributed by atoms with Crippen LogP contribution in [0.2, 0.25) is 10.0 Å². The van der Waals surface area contributed by atoms with Crippen LogP contribution < -0.4 is 16.5 Å². The minimum atomic E-state index is -0.502. The highest BCUT2D eigenvalue weighted by atomic mass is 35.5. The van der Waals surface area contributed by atoms with Crippen molar-refractivity contribution in [2.45, 2.75) is 6.92 Å². The van der Waals surface area contributed by atoms with Gasteiger partial charge in [-0.25, -0.2) is 0 Å². The maximum Gasteiger partial charge on any atom is 0.248 e. The van der Waals surface area contributed by atoms with Gasteiger partial charge in [0, 0.05) is 16.6 Å². The van der Waals surface area contributed by atoms with Crippen LogP contribution in [-0.2, 0) is 0 Å². The molecule has 0 aliphatic heterocycles. The summed E-state index contributed by atoms with van der Waals surface area (Å²) in [6, 6.07) is 11.7. The summed E-state index contributed by atoms with van der Waals surface area (Å²) in [7, 11) is 0. The number of aromatic hydroxyl groups is 1. The van der Waals surface area contributed by atoms with E-state index in [0.717, 1.165) is 5.56 Å². The number of thiophene rings is 1. The van der Waals surface area contributed by atoms with Crippen LogP contribution in [0.25, 0.3) is 10.4 Å². The molecule has 3 aromatic rings. The van der Waals surface area contributed by atoms with Crippen LogP contribution in [0.15, 0.2) is 52.9 Å². The molecule has 1 heterocycles. The van der Waals surface area contributed by atoms with Crippen LogP contribution in [0.4, 0.5) is 5.69 Å². The molecule has 10 heteroatoms. The normalized spacial score (nSPS) is 11.2. The second kappa shape index (κ2) is 9.44. The number of nitrogens with one attached hydrogen (secondary N) is 2. The zero-order valence-electron chi connectivity index (χ0n) is 15.6. The fraction of sp³-hybridized carbons (Fsp3) is 0.0500. The molecule has 154 valence electrons. The number of anilines is 1. The molecule has 3 rings (SSSR count). The molecular weight excluding hydrogens is 463 g/mol. The number of primary amides is 1. The lowest BCUT2D eigenvalue weighted by molar-refractivity contribution is 0.100. The van der Waals surface area contributed by atoms with Gasteiger partial charge in [-0.1, -0.05) is 29.3 Å². The van der Waals surface area contributed by atoms with Crippen LogP contribution in [0.1, 0.15) is 22.8 Å². The highest BCUT2D eigenvalue weighted by molar-refractivity contribution is 7.80. The maximum absolute atomic E-state index is 11.1. The predicted molar refractivity (Wildman–Crippen MR) is 128 cm³/mol. The van der Waals surface area contributed by atoms with Crippen molar-refractivity contribution in [1.82, 2.24) is 5.43 Å². The van der Waals surface area contributed by atoms with Gasteiger partial charge in [0.15, 0.2) is 5.11 Å². The van der Waals surface area contributed by atoms with E-state index in [-0.39, 0.29) is 10.9 Å². The minimum absolute atomic E-state index is 0.0994. The number of carbonyl (C=O) groups is 1. The van der Waals surface area contributed by atoms with Crippen molar-refractivity contribution < 1.29 is 9.90 Å². The van der Waals surface area contributed by atoms with Crippen LogP contribution >= 0.6 is 46.8 Å². The zero-order chi connectivity index (χ0) is 21.8. The molecule has 0 fully saturated rings. The Hall–Kier alpha value is -2.65. The Morgan fingerprint density at radius 1 is 1.17 bits per heavy atom. The average Bonchev–Trinajstić information content (AvgIpc) is 3.10. The fourth-order valence-corrected chi connectivity index (χ4v) is 3.99. The molecule has 0 unspecified atom stereocenters. The molecule has 0 aliphatic carbocycles. The number of carbonyl (C=O) groups excluding carboxylic acids is 1. The number of amides is 1. The van der Waals surface area contributed by atoms with Gasteiger partial charge in [-0.15, -0.1) is 11.3 Å². The van der Waals surface area contributed by atoms with Gasteiger partial charge in [0.05, 0.1) is 26.2 Å². The second-order valence-electron chi connectivity index (χ2n) is 6.16. The van der Waals surface area contributed by atoms with Gasteiger partial charge in [0.1, 0.15) is 5.75 Å². The highest BCUT2D eigenvalue weighted by Gasteiger charge is 2.15. The van der Waals surface area contributed by atoms with Crippen LogP contribution in [0, 0.1) is 0 Å². The first-order chi connectivity index (χ1) is 14.3. The predicted octanol–water partition coefficient (Wildman–Crippen LogP) is 5.24. The van der Waals surface area contributed by atoms with E-state index in [1.165, 1.54) is 11.3 Å². The van der Waals surface area contributed by atoms with Gasteiger partial charge < -0.3 is 16.2 Å². The van der Waals surface area contributed by atoms with E-state index in [9.17, 15) is 9.90 Å². The van der Waals surface area contributed by atoms with E-state index in [4.69, 9.17) is 41.2 Å². The first kappa shape index (κ1) is 22.0. The Morgan fingerprint density at radius 2 is 1.87 bits per heavy atom. The third-order valence-corrected chi connectivity index (χ3v) is 6.04. The van der Waals surface area contributed by atoms with Gasteiger partial charge >= 0.3 is 0 Å². The molecule has 1 amide bonds. The van der Waals surface area contributed by atoms with E-state index < -0.39 is 5.91 Å².